The van der Waals surface area contributed by atoms with E-state index in [1.807, 2.05) is 20.8 Å². The molecule has 0 saturated heterocycles. The van der Waals surface area contributed by atoms with Crippen LogP contribution in [0.4, 0.5) is 0 Å². The van der Waals surface area contributed by atoms with Crippen molar-refractivity contribution in [1.82, 2.24) is 5.32 Å². The van der Waals surface area contributed by atoms with Crippen molar-refractivity contribution in [1.29, 1.82) is 0 Å². The second-order valence-corrected chi connectivity index (χ2v) is 5.49. The Morgan fingerprint density at radius 1 is 1.37 bits per heavy atom. The van der Waals surface area contributed by atoms with E-state index in [0.29, 0.717) is 13.0 Å². The molecule has 0 amide bonds. The first-order valence-electron chi connectivity index (χ1n) is 6.78. The van der Waals surface area contributed by atoms with E-state index in [2.05, 4.69) is 17.2 Å². The zero-order valence-corrected chi connectivity index (χ0v) is 12.5. The van der Waals surface area contributed by atoms with E-state index >= 15 is 0 Å². The minimum absolute atomic E-state index is 0.0790. The van der Waals surface area contributed by atoms with Gasteiger partial charge in [-0.2, -0.15) is 0 Å². The Bertz CT molecular complexity index is 294. The second-order valence-electron chi connectivity index (χ2n) is 5.49. The van der Waals surface area contributed by atoms with E-state index in [4.69, 9.17) is 16.2 Å². The summed E-state index contributed by atoms with van der Waals surface area (Å²) in [7, 11) is 0. The Labute approximate surface area is 116 Å². The summed E-state index contributed by atoms with van der Waals surface area (Å²) < 4.78 is 5.39. The van der Waals surface area contributed by atoms with Crippen LogP contribution in [0.2, 0.25) is 0 Å². The predicted octanol–water partition coefficient (Wildman–Crippen LogP) is 0.750. The molecular weight excluding hydrogens is 244 g/mol. The first kappa shape index (κ1) is 17.7. The van der Waals surface area contributed by atoms with Crippen LogP contribution in [0.3, 0.4) is 0 Å². The lowest BCUT2D eigenvalue weighted by molar-refractivity contribution is -0.157. The molecule has 0 bridgehead atoms. The zero-order valence-electron chi connectivity index (χ0n) is 12.5. The minimum Gasteiger partial charge on any atom is -0.459 e. The molecule has 0 aromatic rings. The fourth-order valence-electron chi connectivity index (χ4n) is 1.50. The highest BCUT2D eigenvalue weighted by Crippen LogP contribution is 2.10. The monoisotopic (exact) mass is 272 g/mol. The van der Waals surface area contributed by atoms with Gasteiger partial charge in [-0.05, 0) is 46.6 Å². The molecule has 0 aromatic heterocycles. The molecule has 0 radical (unpaired) electrons. The van der Waals surface area contributed by atoms with E-state index in [9.17, 15) is 4.79 Å². The van der Waals surface area contributed by atoms with Crippen molar-refractivity contribution in [2.45, 2.75) is 58.6 Å². The van der Waals surface area contributed by atoms with Crippen molar-refractivity contribution in [3.8, 4) is 0 Å². The number of nitrogens with two attached hydrogens (primary N) is 2. The number of carbonyl (C=O) groups is 1. The molecule has 0 aromatic carbocycles. The summed E-state index contributed by atoms with van der Waals surface area (Å²) in [6.07, 6.45) is 2.36. The van der Waals surface area contributed by atoms with Crippen molar-refractivity contribution in [3.63, 3.8) is 0 Å². The average molecular weight is 272 g/mol. The van der Waals surface area contributed by atoms with Crippen molar-refractivity contribution in [2.24, 2.45) is 16.5 Å². The van der Waals surface area contributed by atoms with E-state index in [1.54, 1.807) is 0 Å². The molecule has 112 valence electrons. The maximum absolute atomic E-state index is 12.0. The third-order valence-electron chi connectivity index (χ3n) is 2.28. The zero-order chi connectivity index (χ0) is 14.9. The van der Waals surface area contributed by atoms with Crippen LogP contribution in [0, 0.1) is 0 Å². The number of nitrogens with one attached hydrogen (secondary N) is 1. The molecule has 0 saturated carbocycles. The highest BCUT2D eigenvalue weighted by molar-refractivity contribution is 5.76. The van der Waals surface area contributed by atoms with Gasteiger partial charge >= 0.3 is 5.97 Å². The van der Waals surface area contributed by atoms with Gasteiger partial charge in [-0.15, -0.1) is 0 Å². The van der Waals surface area contributed by atoms with Gasteiger partial charge in [0.25, 0.3) is 0 Å². The van der Waals surface area contributed by atoms with Crippen LogP contribution in [0.15, 0.2) is 4.99 Å². The summed E-state index contributed by atoms with van der Waals surface area (Å²) in [5.74, 6) is -0.138. The molecule has 0 rings (SSSR count). The van der Waals surface area contributed by atoms with Gasteiger partial charge in [-0.3, -0.25) is 9.79 Å². The van der Waals surface area contributed by atoms with Crippen molar-refractivity contribution in [2.75, 3.05) is 13.1 Å². The lowest BCUT2D eigenvalue weighted by Gasteiger charge is -2.24. The molecule has 19 heavy (non-hydrogen) atoms. The maximum Gasteiger partial charge on any atom is 0.323 e. The lowest BCUT2D eigenvalue weighted by Crippen LogP contribution is -2.41. The van der Waals surface area contributed by atoms with E-state index in [-0.39, 0.29) is 18.0 Å². The normalized spacial score (nSPS) is 12.8. The van der Waals surface area contributed by atoms with Crippen LogP contribution in [0.1, 0.15) is 47.0 Å². The standard InChI is InChI=1S/C13H28N4O2/c1-5-8-16-10(7-6-9-17-12(14)15)11(18)19-13(2,3)4/h10,16H,5-9H2,1-4H3,(H4,14,15,17)/t10-/m0/s1. The summed E-state index contributed by atoms with van der Waals surface area (Å²) in [4.78, 5) is 15.9. The number of aliphatic imine (C=N–C) groups is 1. The third kappa shape index (κ3) is 10.3. The van der Waals surface area contributed by atoms with Gasteiger partial charge in [0.05, 0.1) is 0 Å². The first-order valence-corrected chi connectivity index (χ1v) is 6.78. The Kier molecular flexibility index (Phi) is 8.14. The summed E-state index contributed by atoms with van der Waals surface area (Å²) in [5.41, 5.74) is 10.0. The number of guanidine groups is 1. The number of carbonyl (C=O) groups excluding carboxylic acids is 1. The van der Waals surface area contributed by atoms with Crippen LogP contribution in [-0.4, -0.2) is 36.7 Å². The predicted molar refractivity (Wildman–Crippen MR) is 77.8 cm³/mol. The van der Waals surface area contributed by atoms with Gasteiger partial charge in [0.15, 0.2) is 5.96 Å². The Balaban J connectivity index is 4.29. The fraction of sp³-hybridized carbons (Fsp3) is 0.846. The summed E-state index contributed by atoms with van der Waals surface area (Å²) >= 11 is 0. The maximum atomic E-state index is 12.0. The molecule has 0 unspecified atom stereocenters. The van der Waals surface area contributed by atoms with Crippen LogP contribution < -0.4 is 16.8 Å². The number of rotatable bonds is 8. The Hall–Kier alpha value is -1.30. The number of hydrogen-bond acceptors (Lipinski definition) is 4. The average Bonchev–Trinajstić information content (AvgIpc) is 2.25. The summed E-state index contributed by atoms with van der Waals surface area (Å²) in [6.45, 7) is 8.95. The van der Waals surface area contributed by atoms with E-state index < -0.39 is 5.60 Å². The quantitative estimate of drug-likeness (QED) is 0.262. The highest BCUT2D eigenvalue weighted by atomic mass is 16.6. The molecule has 0 fully saturated rings. The van der Waals surface area contributed by atoms with Crippen LogP contribution in [0.25, 0.3) is 0 Å². The van der Waals surface area contributed by atoms with Gasteiger partial charge in [-0.1, -0.05) is 6.92 Å². The van der Waals surface area contributed by atoms with Crippen LogP contribution in [-0.2, 0) is 9.53 Å². The van der Waals surface area contributed by atoms with Gasteiger partial charge in [0.2, 0.25) is 0 Å². The molecule has 0 aliphatic heterocycles. The Morgan fingerprint density at radius 2 is 2.00 bits per heavy atom. The van der Waals surface area contributed by atoms with Crippen molar-refractivity contribution in [3.05, 3.63) is 0 Å². The molecule has 6 heteroatoms. The smallest absolute Gasteiger partial charge is 0.323 e. The molecule has 0 spiro atoms. The lowest BCUT2D eigenvalue weighted by atomic mass is 10.1. The summed E-state index contributed by atoms with van der Waals surface area (Å²) in [5, 5.41) is 3.19. The Morgan fingerprint density at radius 3 is 2.47 bits per heavy atom. The van der Waals surface area contributed by atoms with Crippen LogP contribution in [0.5, 0.6) is 0 Å². The van der Waals surface area contributed by atoms with Gasteiger partial charge < -0.3 is 21.5 Å². The van der Waals surface area contributed by atoms with Crippen molar-refractivity contribution >= 4 is 11.9 Å². The molecule has 0 aliphatic carbocycles. The molecule has 5 N–H and O–H groups in total. The van der Waals surface area contributed by atoms with Crippen molar-refractivity contribution < 1.29 is 9.53 Å². The number of ether oxygens (including phenoxy) is 1. The first-order chi connectivity index (χ1) is 8.76. The van der Waals surface area contributed by atoms with Gasteiger partial charge in [-0.25, -0.2) is 0 Å². The van der Waals surface area contributed by atoms with E-state index in [1.165, 1.54) is 0 Å². The molecule has 6 nitrogen and oxygen atoms in total. The third-order valence-corrected chi connectivity index (χ3v) is 2.28. The largest absolute Gasteiger partial charge is 0.459 e. The molecular formula is C13H28N4O2. The highest BCUT2D eigenvalue weighted by Gasteiger charge is 2.24. The minimum atomic E-state index is -0.469. The topological polar surface area (TPSA) is 103 Å². The number of esters is 1. The number of hydrogen-bond donors (Lipinski definition) is 3. The molecule has 1 atom stereocenters. The van der Waals surface area contributed by atoms with E-state index in [0.717, 1.165) is 19.4 Å². The number of nitrogens with zero attached hydrogens (tertiary/aromatic N) is 1. The SMILES string of the molecule is CCCN[C@@H](CCCN=C(N)N)C(=O)OC(C)(C)C. The second kappa shape index (κ2) is 8.74. The van der Waals surface area contributed by atoms with Crippen LogP contribution >= 0.6 is 0 Å². The fourth-order valence-corrected chi connectivity index (χ4v) is 1.50. The summed E-state index contributed by atoms with van der Waals surface area (Å²) in [6, 6.07) is -0.298. The molecule has 0 aliphatic rings. The molecule has 0 heterocycles. The van der Waals surface area contributed by atoms with Gasteiger partial charge in [0, 0.05) is 6.54 Å². The van der Waals surface area contributed by atoms with Gasteiger partial charge in [0.1, 0.15) is 11.6 Å².